The largest absolute Gasteiger partial charge is 0.497 e. The van der Waals surface area contributed by atoms with Crippen molar-refractivity contribution in [2.75, 3.05) is 38.3 Å². The van der Waals surface area contributed by atoms with Crippen molar-refractivity contribution in [3.05, 3.63) is 48.0 Å². The standard InChI is InChI=1S/C20H22N2O5/c1-14(23)22(16-6-7-18-19(13-16)27-11-10-26-18)9-8-21-20(24)15-4-3-5-17(12-15)25-2/h3-7,12-13H,8-11H2,1-2H3,(H,21,24). The molecule has 27 heavy (non-hydrogen) atoms. The third kappa shape index (κ3) is 4.49. The van der Waals surface area contributed by atoms with E-state index < -0.39 is 0 Å². The minimum Gasteiger partial charge on any atom is -0.497 e. The maximum absolute atomic E-state index is 12.3. The average molecular weight is 370 g/mol. The first-order valence-electron chi connectivity index (χ1n) is 8.68. The number of hydrogen-bond donors (Lipinski definition) is 1. The molecule has 0 unspecified atom stereocenters. The summed E-state index contributed by atoms with van der Waals surface area (Å²) < 4.78 is 16.2. The van der Waals surface area contributed by atoms with Gasteiger partial charge >= 0.3 is 0 Å². The predicted molar refractivity (Wildman–Crippen MR) is 101 cm³/mol. The van der Waals surface area contributed by atoms with Crippen LogP contribution in [-0.4, -0.2) is 45.2 Å². The molecule has 1 heterocycles. The van der Waals surface area contributed by atoms with Crippen LogP contribution in [-0.2, 0) is 4.79 Å². The predicted octanol–water partition coefficient (Wildman–Crippen LogP) is 2.25. The Balaban J connectivity index is 1.63. The zero-order chi connectivity index (χ0) is 19.2. The van der Waals surface area contributed by atoms with E-state index in [4.69, 9.17) is 14.2 Å². The number of methoxy groups -OCH3 is 1. The van der Waals surface area contributed by atoms with E-state index in [0.717, 1.165) is 0 Å². The van der Waals surface area contributed by atoms with Crippen molar-refractivity contribution in [2.24, 2.45) is 0 Å². The lowest BCUT2D eigenvalue weighted by Gasteiger charge is -2.24. The Morgan fingerprint density at radius 1 is 1.11 bits per heavy atom. The molecule has 7 heteroatoms. The van der Waals surface area contributed by atoms with Gasteiger partial charge in [0.2, 0.25) is 5.91 Å². The number of amides is 2. The maximum atomic E-state index is 12.3. The summed E-state index contributed by atoms with van der Waals surface area (Å²) in [5.41, 5.74) is 1.20. The molecule has 0 aromatic heterocycles. The SMILES string of the molecule is COc1cccc(C(=O)NCCN(C(C)=O)c2ccc3c(c2)OCCO3)c1. The number of ether oxygens (including phenoxy) is 3. The second-order valence-corrected chi connectivity index (χ2v) is 5.99. The fourth-order valence-electron chi connectivity index (χ4n) is 2.82. The molecule has 0 bridgehead atoms. The van der Waals surface area contributed by atoms with Gasteiger partial charge in [0.1, 0.15) is 19.0 Å². The average Bonchev–Trinajstić information content (AvgIpc) is 2.70. The minimum atomic E-state index is -0.223. The van der Waals surface area contributed by atoms with Crippen LogP contribution in [0, 0.1) is 0 Å². The van der Waals surface area contributed by atoms with Gasteiger partial charge in [-0.05, 0) is 30.3 Å². The number of nitrogens with one attached hydrogen (secondary N) is 1. The highest BCUT2D eigenvalue weighted by atomic mass is 16.6. The summed E-state index contributed by atoms with van der Waals surface area (Å²) in [7, 11) is 1.55. The van der Waals surface area contributed by atoms with Crippen LogP contribution in [0.4, 0.5) is 5.69 Å². The molecule has 0 radical (unpaired) electrons. The number of carbonyl (C=O) groups is 2. The molecule has 1 N–H and O–H groups in total. The Bertz CT molecular complexity index is 837. The van der Waals surface area contributed by atoms with Crippen molar-refractivity contribution in [2.45, 2.75) is 6.92 Å². The van der Waals surface area contributed by atoms with Gasteiger partial charge in [0.25, 0.3) is 5.91 Å². The number of carbonyl (C=O) groups excluding carboxylic acids is 2. The normalized spacial score (nSPS) is 12.2. The molecule has 0 saturated heterocycles. The van der Waals surface area contributed by atoms with Crippen molar-refractivity contribution >= 4 is 17.5 Å². The van der Waals surface area contributed by atoms with Crippen LogP contribution in [0.3, 0.4) is 0 Å². The van der Waals surface area contributed by atoms with Crippen LogP contribution < -0.4 is 24.4 Å². The molecule has 2 aromatic carbocycles. The third-order valence-corrected chi connectivity index (χ3v) is 4.17. The highest BCUT2D eigenvalue weighted by Crippen LogP contribution is 2.34. The second-order valence-electron chi connectivity index (χ2n) is 5.99. The monoisotopic (exact) mass is 370 g/mol. The fourth-order valence-corrected chi connectivity index (χ4v) is 2.82. The number of rotatable bonds is 6. The molecule has 142 valence electrons. The van der Waals surface area contributed by atoms with Gasteiger partial charge in [0, 0.05) is 37.3 Å². The molecule has 7 nitrogen and oxygen atoms in total. The zero-order valence-electron chi connectivity index (χ0n) is 15.4. The molecular weight excluding hydrogens is 348 g/mol. The van der Waals surface area contributed by atoms with Gasteiger partial charge in [-0.1, -0.05) is 6.07 Å². The third-order valence-electron chi connectivity index (χ3n) is 4.17. The molecule has 1 aliphatic rings. The van der Waals surface area contributed by atoms with Gasteiger partial charge in [-0.2, -0.15) is 0 Å². The number of benzene rings is 2. The summed E-state index contributed by atoms with van der Waals surface area (Å²) in [6, 6.07) is 12.3. The second kappa shape index (κ2) is 8.44. The van der Waals surface area contributed by atoms with Crippen LogP contribution in [0.25, 0.3) is 0 Å². The highest BCUT2D eigenvalue weighted by Gasteiger charge is 2.17. The van der Waals surface area contributed by atoms with E-state index in [0.29, 0.717) is 54.8 Å². The maximum Gasteiger partial charge on any atom is 0.251 e. The van der Waals surface area contributed by atoms with Gasteiger partial charge < -0.3 is 24.4 Å². The summed E-state index contributed by atoms with van der Waals surface area (Å²) >= 11 is 0. The van der Waals surface area contributed by atoms with Crippen LogP contribution in [0.1, 0.15) is 17.3 Å². The fraction of sp³-hybridized carbons (Fsp3) is 0.300. The van der Waals surface area contributed by atoms with E-state index in [2.05, 4.69) is 5.32 Å². The molecule has 0 saturated carbocycles. The van der Waals surface area contributed by atoms with Crippen molar-refractivity contribution in [1.29, 1.82) is 0 Å². The van der Waals surface area contributed by atoms with E-state index in [1.54, 1.807) is 54.5 Å². The van der Waals surface area contributed by atoms with Gasteiger partial charge in [-0.15, -0.1) is 0 Å². The van der Waals surface area contributed by atoms with E-state index in [1.165, 1.54) is 6.92 Å². The molecule has 2 aromatic rings. The number of nitrogens with zero attached hydrogens (tertiary/aromatic N) is 1. The first kappa shape index (κ1) is 18.6. The Kier molecular flexibility index (Phi) is 5.80. The quantitative estimate of drug-likeness (QED) is 0.844. The topological polar surface area (TPSA) is 77.1 Å². The van der Waals surface area contributed by atoms with E-state index >= 15 is 0 Å². The van der Waals surface area contributed by atoms with Crippen molar-refractivity contribution in [1.82, 2.24) is 5.32 Å². The Morgan fingerprint density at radius 3 is 2.63 bits per heavy atom. The number of hydrogen-bond acceptors (Lipinski definition) is 5. The van der Waals surface area contributed by atoms with Crippen LogP contribution in [0.2, 0.25) is 0 Å². The van der Waals surface area contributed by atoms with Gasteiger partial charge in [-0.25, -0.2) is 0 Å². The van der Waals surface area contributed by atoms with E-state index in [1.807, 2.05) is 0 Å². The van der Waals surface area contributed by atoms with Gasteiger partial charge in [0.05, 0.1) is 7.11 Å². The van der Waals surface area contributed by atoms with E-state index in [9.17, 15) is 9.59 Å². The minimum absolute atomic E-state index is 0.123. The summed E-state index contributed by atoms with van der Waals surface area (Å²) in [5.74, 6) is 1.55. The van der Waals surface area contributed by atoms with Crippen LogP contribution in [0.15, 0.2) is 42.5 Å². The van der Waals surface area contributed by atoms with Crippen molar-refractivity contribution in [3.8, 4) is 17.2 Å². The molecule has 3 rings (SSSR count). The summed E-state index contributed by atoms with van der Waals surface area (Å²) in [5, 5.41) is 2.82. The molecule has 2 amide bonds. The number of anilines is 1. The van der Waals surface area contributed by atoms with Crippen LogP contribution in [0.5, 0.6) is 17.2 Å². The number of fused-ring (bicyclic) bond motifs is 1. The lowest BCUT2D eigenvalue weighted by Crippen LogP contribution is -2.37. The first-order chi connectivity index (χ1) is 13.1. The first-order valence-corrected chi connectivity index (χ1v) is 8.68. The zero-order valence-corrected chi connectivity index (χ0v) is 15.4. The lowest BCUT2D eigenvalue weighted by atomic mass is 10.2. The smallest absolute Gasteiger partial charge is 0.251 e. The van der Waals surface area contributed by atoms with Crippen LogP contribution >= 0.6 is 0 Å². The highest BCUT2D eigenvalue weighted by molar-refractivity contribution is 5.95. The Hall–Kier alpha value is -3.22. The molecule has 0 aliphatic carbocycles. The Morgan fingerprint density at radius 2 is 1.89 bits per heavy atom. The summed E-state index contributed by atoms with van der Waals surface area (Å²) in [4.78, 5) is 25.9. The molecule has 1 aliphatic heterocycles. The van der Waals surface area contributed by atoms with Gasteiger partial charge in [-0.3, -0.25) is 9.59 Å². The van der Waals surface area contributed by atoms with E-state index in [-0.39, 0.29) is 11.8 Å². The molecular formula is C20H22N2O5. The Labute approximate surface area is 157 Å². The van der Waals surface area contributed by atoms with Crippen molar-refractivity contribution in [3.63, 3.8) is 0 Å². The molecule has 0 fully saturated rings. The summed E-state index contributed by atoms with van der Waals surface area (Å²) in [6.45, 7) is 3.13. The molecule has 0 spiro atoms. The lowest BCUT2D eigenvalue weighted by molar-refractivity contribution is -0.116. The van der Waals surface area contributed by atoms with Gasteiger partial charge in [0.15, 0.2) is 11.5 Å². The molecule has 0 atom stereocenters. The van der Waals surface area contributed by atoms with Crippen molar-refractivity contribution < 1.29 is 23.8 Å². The summed E-state index contributed by atoms with van der Waals surface area (Å²) in [6.07, 6.45) is 0.